The van der Waals surface area contributed by atoms with Gasteiger partial charge in [-0.05, 0) is 48.7 Å². The Kier molecular flexibility index (Phi) is 4.57. The van der Waals surface area contributed by atoms with Crippen LogP contribution in [0.1, 0.15) is 47.3 Å². The van der Waals surface area contributed by atoms with E-state index < -0.39 is 0 Å². The molecule has 0 unspecified atom stereocenters. The van der Waals surface area contributed by atoms with Gasteiger partial charge in [-0.1, -0.05) is 6.92 Å². The molecular formula is C13H20N2OS. The molecule has 2 N–H and O–H groups in total. The number of carbonyl (C=O) groups is 1. The second-order valence-corrected chi connectivity index (χ2v) is 5.40. The van der Waals surface area contributed by atoms with Crippen molar-refractivity contribution in [3.8, 4) is 0 Å². The fraction of sp³-hybridized carbons (Fsp3) is 0.615. The maximum atomic E-state index is 12.0. The van der Waals surface area contributed by atoms with Crippen LogP contribution in [-0.4, -0.2) is 25.5 Å². The van der Waals surface area contributed by atoms with Crippen LogP contribution in [0.5, 0.6) is 0 Å². The third-order valence-electron chi connectivity index (χ3n) is 2.93. The first-order valence-electron chi connectivity index (χ1n) is 6.39. The van der Waals surface area contributed by atoms with Crippen LogP contribution in [0, 0.1) is 0 Å². The zero-order valence-corrected chi connectivity index (χ0v) is 11.1. The summed E-state index contributed by atoms with van der Waals surface area (Å²) in [5.74, 6) is 0.750. The van der Waals surface area contributed by atoms with Gasteiger partial charge in [-0.25, -0.2) is 0 Å². The number of rotatable bonds is 7. The summed E-state index contributed by atoms with van der Waals surface area (Å²) in [5.41, 5.74) is 1.26. The molecule has 1 aliphatic rings. The maximum Gasteiger partial charge on any atom is 0.261 e. The maximum absolute atomic E-state index is 12.0. The molecule has 0 aliphatic heterocycles. The highest BCUT2D eigenvalue weighted by Crippen LogP contribution is 2.43. The Morgan fingerprint density at radius 1 is 1.41 bits per heavy atom. The summed E-state index contributed by atoms with van der Waals surface area (Å²) in [4.78, 5) is 12.9. The smallest absolute Gasteiger partial charge is 0.261 e. The molecule has 1 aromatic rings. The third-order valence-corrected chi connectivity index (χ3v) is 3.86. The summed E-state index contributed by atoms with van der Waals surface area (Å²) in [5, 5.41) is 8.28. The average molecular weight is 252 g/mol. The summed E-state index contributed by atoms with van der Waals surface area (Å²) in [6.45, 7) is 4.71. The lowest BCUT2D eigenvalue weighted by molar-refractivity contribution is 0.0957. The zero-order valence-electron chi connectivity index (χ0n) is 10.3. The standard InChI is InChI=1S/C13H20N2OS/c1-2-6-14-7-8-15-13(16)12-11(5-9-17-12)10-3-4-10/h5,9-10,14H,2-4,6-8H2,1H3,(H,15,16). The topological polar surface area (TPSA) is 41.1 Å². The minimum absolute atomic E-state index is 0.0974. The highest BCUT2D eigenvalue weighted by atomic mass is 32.1. The molecule has 0 spiro atoms. The summed E-state index contributed by atoms with van der Waals surface area (Å²) in [6, 6.07) is 2.10. The molecule has 2 rings (SSSR count). The number of hydrogen-bond donors (Lipinski definition) is 2. The van der Waals surface area contributed by atoms with Crippen LogP contribution in [0.25, 0.3) is 0 Å². The van der Waals surface area contributed by atoms with Crippen molar-refractivity contribution in [1.29, 1.82) is 0 Å². The average Bonchev–Trinajstić information content (AvgIpc) is 3.06. The predicted octanol–water partition coefficient (Wildman–Crippen LogP) is 2.35. The Hall–Kier alpha value is -0.870. The highest BCUT2D eigenvalue weighted by Gasteiger charge is 2.28. The van der Waals surface area contributed by atoms with E-state index in [4.69, 9.17) is 0 Å². The van der Waals surface area contributed by atoms with Gasteiger partial charge in [0.05, 0.1) is 4.88 Å². The molecule has 1 aliphatic carbocycles. The van der Waals surface area contributed by atoms with Crippen LogP contribution in [0.3, 0.4) is 0 Å². The van der Waals surface area contributed by atoms with E-state index in [1.807, 2.05) is 5.38 Å². The minimum Gasteiger partial charge on any atom is -0.350 e. The summed E-state index contributed by atoms with van der Waals surface area (Å²) in [7, 11) is 0. The van der Waals surface area contributed by atoms with E-state index in [-0.39, 0.29) is 5.91 Å². The van der Waals surface area contributed by atoms with Crippen molar-refractivity contribution in [3.63, 3.8) is 0 Å². The molecule has 17 heavy (non-hydrogen) atoms. The number of hydrogen-bond acceptors (Lipinski definition) is 3. The van der Waals surface area contributed by atoms with Gasteiger partial charge in [-0.15, -0.1) is 11.3 Å². The Morgan fingerprint density at radius 3 is 2.94 bits per heavy atom. The molecule has 94 valence electrons. The van der Waals surface area contributed by atoms with Crippen LogP contribution in [0.2, 0.25) is 0 Å². The SMILES string of the molecule is CCCNCCNC(=O)c1sccc1C1CC1. The lowest BCUT2D eigenvalue weighted by Crippen LogP contribution is -2.32. The van der Waals surface area contributed by atoms with Crippen LogP contribution >= 0.6 is 11.3 Å². The van der Waals surface area contributed by atoms with E-state index in [9.17, 15) is 4.79 Å². The number of amides is 1. The lowest BCUT2D eigenvalue weighted by Gasteiger charge is -2.06. The first-order valence-corrected chi connectivity index (χ1v) is 7.27. The minimum atomic E-state index is 0.0974. The van der Waals surface area contributed by atoms with Crippen molar-refractivity contribution in [3.05, 3.63) is 21.9 Å². The summed E-state index contributed by atoms with van der Waals surface area (Å²) < 4.78 is 0. The van der Waals surface area contributed by atoms with E-state index in [2.05, 4.69) is 23.6 Å². The molecule has 3 nitrogen and oxygen atoms in total. The van der Waals surface area contributed by atoms with Gasteiger partial charge in [0.2, 0.25) is 0 Å². The molecule has 1 heterocycles. The predicted molar refractivity (Wildman–Crippen MR) is 71.8 cm³/mol. The van der Waals surface area contributed by atoms with Gasteiger partial charge in [-0.3, -0.25) is 4.79 Å². The van der Waals surface area contributed by atoms with Crippen LogP contribution in [-0.2, 0) is 0 Å². The molecular weight excluding hydrogens is 232 g/mol. The van der Waals surface area contributed by atoms with Gasteiger partial charge in [0, 0.05) is 13.1 Å². The molecule has 1 fully saturated rings. The molecule has 0 aromatic carbocycles. The summed E-state index contributed by atoms with van der Waals surface area (Å²) >= 11 is 1.56. The van der Waals surface area contributed by atoms with Crippen molar-refractivity contribution in [2.75, 3.05) is 19.6 Å². The lowest BCUT2D eigenvalue weighted by atomic mass is 10.1. The van der Waals surface area contributed by atoms with Gasteiger partial charge in [-0.2, -0.15) is 0 Å². The highest BCUT2D eigenvalue weighted by molar-refractivity contribution is 7.12. The molecule has 4 heteroatoms. The Bertz CT molecular complexity index is 371. The Balaban J connectivity index is 1.76. The van der Waals surface area contributed by atoms with Crippen molar-refractivity contribution < 1.29 is 4.79 Å². The largest absolute Gasteiger partial charge is 0.350 e. The first-order chi connectivity index (χ1) is 8.33. The van der Waals surface area contributed by atoms with E-state index in [1.54, 1.807) is 11.3 Å². The number of nitrogens with one attached hydrogen (secondary N) is 2. The van der Waals surface area contributed by atoms with Gasteiger partial charge in [0.1, 0.15) is 0 Å². The molecule has 0 saturated heterocycles. The van der Waals surface area contributed by atoms with E-state index in [0.29, 0.717) is 12.5 Å². The molecule has 0 atom stereocenters. The molecule has 1 aromatic heterocycles. The van der Waals surface area contributed by atoms with E-state index >= 15 is 0 Å². The van der Waals surface area contributed by atoms with Gasteiger partial charge < -0.3 is 10.6 Å². The van der Waals surface area contributed by atoms with E-state index in [1.165, 1.54) is 18.4 Å². The molecule has 0 radical (unpaired) electrons. The van der Waals surface area contributed by atoms with Crippen LogP contribution < -0.4 is 10.6 Å². The summed E-state index contributed by atoms with van der Waals surface area (Å²) in [6.07, 6.45) is 3.62. The van der Waals surface area contributed by atoms with Gasteiger partial charge in [0.15, 0.2) is 0 Å². The zero-order chi connectivity index (χ0) is 12.1. The third kappa shape index (κ3) is 3.54. The Labute approximate surface area is 107 Å². The quantitative estimate of drug-likeness (QED) is 0.731. The second-order valence-electron chi connectivity index (χ2n) is 4.49. The number of thiophene rings is 1. The second kappa shape index (κ2) is 6.17. The fourth-order valence-electron chi connectivity index (χ4n) is 1.87. The first kappa shape index (κ1) is 12.6. The van der Waals surface area contributed by atoms with Crippen LogP contribution in [0.15, 0.2) is 11.4 Å². The Morgan fingerprint density at radius 2 is 2.24 bits per heavy atom. The van der Waals surface area contributed by atoms with Crippen molar-refractivity contribution in [2.45, 2.75) is 32.1 Å². The van der Waals surface area contributed by atoms with Crippen LogP contribution in [0.4, 0.5) is 0 Å². The normalized spacial score (nSPS) is 14.9. The molecule has 0 bridgehead atoms. The fourth-order valence-corrected chi connectivity index (χ4v) is 2.77. The van der Waals surface area contributed by atoms with Crippen molar-refractivity contribution in [2.24, 2.45) is 0 Å². The monoisotopic (exact) mass is 252 g/mol. The van der Waals surface area contributed by atoms with Gasteiger partial charge in [0.25, 0.3) is 5.91 Å². The van der Waals surface area contributed by atoms with E-state index in [0.717, 1.165) is 24.4 Å². The molecule has 1 saturated carbocycles. The van der Waals surface area contributed by atoms with Crippen molar-refractivity contribution in [1.82, 2.24) is 10.6 Å². The number of carbonyl (C=O) groups excluding carboxylic acids is 1. The molecule has 1 amide bonds. The van der Waals surface area contributed by atoms with Gasteiger partial charge >= 0.3 is 0 Å². The van der Waals surface area contributed by atoms with Crippen molar-refractivity contribution >= 4 is 17.2 Å².